The maximum atomic E-state index is 12.2. The Balaban J connectivity index is 1.45. The van der Waals surface area contributed by atoms with Gasteiger partial charge in [0, 0.05) is 30.9 Å². The predicted molar refractivity (Wildman–Crippen MR) is 84.6 cm³/mol. The highest BCUT2D eigenvalue weighted by Gasteiger charge is 2.50. The summed E-state index contributed by atoms with van der Waals surface area (Å²) < 4.78 is 26.6. The van der Waals surface area contributed by atoms with Crippen LogP contribution in [0.5, 0.6) is 0 Å². The molecule has 0 spiro atoms. The van der Waals surface area contributed by atoms with E-state index >= 15 is 0 Å². The van der Waals surface area contributed by atoms with Crippen molar-refractivity contribution in [2.24, 2.45) is 5.92 Å². The molecule has 0 aromatic rings. The van der Waals surface area contributed by atoms with Crippen LogP contribution in [0.15, 0.2) is 0 Å². The number of nitrogens with zero attached hydrogens (tertiary/aromatic N) is 2. The summed E-state index contributed by atoms with van der Waals surface area (Å²) in [6, 6.07) is 0. The fourth-order valence-corrected chi connectivity index (χ4v) is 6.27. The molecule has 3 fully saturated rings. The van der Waals surface area contributed by atoms with Crippen LogP contribution in [0.4, 0.5) is 0 Å². The van der Waals surface area contributed by atoms with Crippen LogP contribution in [0, 0.1) is 5.92 Å². The molecule has 0 radical (unpaired) electrons. The fraction of sp³-hybridized carbons (Fsp3) is 1.00. The minimum atomic E-state index is -2.95. The van der Waals surface area contributed by atoms with Gasteiger partial charge in [-0.05, 0) is 44.4 Å². The quantitative estimate of drug-likeness (QED) is 0.746. The van der Waals surface area contributed by atoms with Gasteiger partial charge in [-0.1, -0.05) is 6.92 Å². The summed E-state index contributed by atoms with van der Waals surface area (Å²) in [5.41, 5.74) is 0. The largest absolute Gasteiger partial charge is 0.301 e. The Bertz CT molecular complexity index is 452. The fourth-order valence-electron chi connectivity index (χ4n) is 3.33. The SMILES string of the molecule is CSC1(CCN2CCN(S(=O)(=O)C3CC3)CC2)C[C@H]1C. The van der Waals surface area contributed by atoms with Crippen LogP contribution in [-0.2, 0) is 10.0 Å². The Morgan fingerprint density at radius 2 is 1.80 bits per heavy atom. The van der Waals surface area contributed by atoms with Crippen molar-refractivity contribution in [1.29, 1.82) is 0 Å². The van der Waals surface area contributed by atoms with E-state index in [2.05, 4.69) is 18.1 Å². The molecule has 1 aliphatic heterocycles. The summed E-state index contributed by atoms with van der Waals surface area (Å²) in [6.07, 6.45) is 6.58. The molecule has 4 nitrogen and oxygen atoms in total. The lowest BCUT2D eigenvalue weighted by atomic mass is 10.2. The molecule has 6 heteroatoms. The van der Waals surface area contributed by atoms with E-state index in [1.54, 1.807) is 4.31 Å². The molecular weight excluding hydrogens is 292 g/mol. The van der Waals surface area contributed by atoms with Crippen LogP contribution in [0.1, 0.15) is 32.6 Å². The van der Waals surface area contributed by atoms with Crippen molar-refractivity contribution in [2.45, 2.75) is 42.6 Å². The van der Waals surface area contributed by atoms with E-state index < -0.39 is 10.0 Å². The molecule has 2 aliphatic carbocycles. The van der Waals surface area contributed by atoms with Gasteiger partial charge >= 0.3 is 0 Å². The molecule has 1 unspecified atom stereocenters. The molecule has 0 aromatic carbocycles. The summed E-state index contributed by atoms with van der Waals surface area (Å²) in [7, 11) is -2.95. The van der Waals surface area contributed by atoms with Gasteiger partial charge in [0.05, 0.1) is 5.25 Å². The number of hydrogen-bond acceptors (Lipinski definition) is 4. The van der Waals surface area contributed by atoms with Crippen molar-refractivity contribution in [2.75, 3.05) is 39.0 Å². The van der Waals surface area contributed by atoms with E-state index in [1.165, 1.54) is 12.8 Å². The zero-order valence-corrected chi connectivity index (χ0v) is 14.2. The topological polar surface area (TPSA) is 40.6 Å². The molecule has 116 valence electrons. The number of thioether (sulfide) groups is 1. The molecule has 3 aliphatic rings. The maximum absolute atomic E-state index is 12.2. The van der Waals surface area contributed by atoms with Crippen molar-refractivity contribution in [3.05, 3.63) is 0 Å². The van der Waals surface area contributed by atoms with Gasteiger partial charge in [-0.3, -0.25) is 0 Å². The van der Waals surface area contributed by atoms with E-state index in [0.717, 1.165) is 38.4 Å². The Morgan fingerprint density at radius 1 is 1.20 bits per heavy atom. The first kappa shape index (κ1) is 15.1. The van der Waals surface area contributed by atoms with Gasteiger partial charge in [0.1, 0.15) is 0 Å². The number of hydrogen-bond donors (Lipinski definition) is 0. The Kier molecular flexibility index (Phi) is 4.12. The molecule has 2 saturated carbocycles. The standard InChI is InChI=1S/C14H26N2O2S2/c1-12-11-14(12,19-2)5-6-15-7-9-16(10-8-15)20(17,18)13-3-4-13/h12-13H,3-11H2,1-2H3/t12-,14?/m1/s1. The van der Waals surface area contributed by atoms with Gasteiger partial charge in [-0.2, -0.15) is 16.1 Å². The normalized spacial score (nSPS) is 36.2. The average molecular weight is 319 g/mol. The van der Waals surface area contributed by atoms with E-state index in [9.17, 15) is 8.42 Å². The van der Waals surface area contributed by atoms with Gasteiger partial charge in [0.15, 0.2) is 0 Å². The van der Waals surface area contributed by atoms with Crippen molar-refractivity contribution < 1.29 is 8.42 Å². The molecule has 0 N–H and O–H groups in total. The number of sulfonamides is 1. The van der Waals surface area contributed by atoms with Crippen LogP contribution in [-0.4, -0.2) is 66.6 Å². The lowest BCUT2D eigenvalue weighted by Gasteiger charge is -2.34. The summed E-state index contributed by atoms with van der Waals surface area (Å²) in [5.74, 6) is 0.856. The highest BCUT2D eigenvalue weighted by molar-refractivity contribution is 8.00. The van der Waals surface area contributed by atoms with E-state index in [0.29, 0.717) is 17.8 Å². The van der Waals surface area contributed by atoms with Gasteiger partial charge < -0.3 is 4.90 Å². The second-order valence-corrected chi connectivity index (χ2v) is 10.0. The average Bonchev–Trinajstić information content (AvgIpc) is 3.33. The van der Waals surface area contributed by atoms with Crippen molar-refractivity contribution >= 4 is 21.8 Å². The monoisotopic (exact) mass is 318 g/mol. The first-order valence-corrected chi connectivity index (χ1v) is 10.5. The molecule has 0 bridgehead atoms. The molecule has 2 atom stereocenters. The van der Waals surface area contributed by atoms with Gasteiger partial charge in [0.25, 0.3) is 0 Å². The van der Waals surface area contributed by atoms with Crippen molar-refractivity contribution in [3.8, 4) is 0 Å². The third-order valence-electron chi connectivity index (χ3n) is 5.28. The van der Waals surface area contributed by atoms with Crippen LogP contribution in [0.2, 0.25) is 0 Å². The lowest BCUT2D eigenvalue weighted by molar-refractivity contribution is 0.185. The molecular formula is C14H26N2O2S2. The smallest absolute Gasteiger partial charge is 0.217 e. The Hall–Kier alpha value is 0.220. The second kappa shape index (κ2) is 5.45. The van der Waals surface area contributed by atoms with Crippen LogP contribution >= 0.6 is 11.8 Å². The minimum Gasteiger partial charge on any atom is -0.301 e. The molecule has 3 rings (SSSR count). The Labute approximate surface area is 127 Å². The summed E-state index contributed by atoms with van der Waals surface area (Å²) in [5, 5.41) is -0.0545. The zero-order chi connectivity index (χ0) is 14.4. The van der Waals surface area contributed by atoms with Crippen LogP contribution in [0.25, 0.3) is 0 Å². The van der Waals surface area contributed by atoms with Gasteiger partial charge in [-0.25, -0.2) is 8.42 Å². The van der Waals surface area contributed by atoms with Crippen molar-refractivity contribution in [3.63, 3.8) is 0 Å². The Morgan fingerprint density at radius 3 is 2.25 bits per heavy atom. The van der Waals surface area contributed by atoms with E-state index in [-0.39, 0.29) is 5.25 Å². The van der Waals surface area contributed by atoms with Crippen LogP contribution in [0.3, 0.4) is 0 Å². The third-order valence-corrected chi connectivity index (χ3v) is 9.27. The van der Waals surface area contributed by atoms with E-state index in [1.807, 2.05) is 11.8 Å². The molecule has 0 aromatic heterocycles. The van der Waals surface area contributed by atoms with Crippen molar-refractivity contribution in [1.82, 2.24) is 9.21 Å². The maximum Gasteiger partial charge on any atom is 0.217 e. The third kappa shape index (κ3) is 2.89. The highest BCUT2D eigenvalue weighted by atomic mass is 32.2. The molecule has 1 saturated heterocycles. The number of piperazine rings is 1. The summed E-state index contributed by atoms with van der Waals surface area (Å²) >= 11 is 2.02. The first-order valence-electron chi connectivity index (χ1n) is 7.74. The molecule has 20 heavy (non-hydrogen) atoms. The van der Waals surface area contributed by atoms with Gasteiger partial charge in [0.2, 0.25) is 10.0 Å². The number of rotatable bonds is 6. The van der Waals surface area contributed by atoms with E-state index in [4.69, 9.17) is 0 Å². The second-order valence-electron chi connectivity index (χ2n) is 6.61. The lowest BCUT2D eigenvalue weighted by Crippen LogP contribution is -2.49. The summed E-state index contributed by atoms with van der Waals surface area (Å²) in [6.45, 7) is 6.68. The zero-order valence-electron chi connectivity index (χ0n) is 12.5. The molecule has 1 heterocycles. The highest BCUT2D eigenvalue weighted by Crippen LogP contribution is 2.55. The minimum absolute atomic E-state index is 0.0545. The summed E-state index contributed by atoms with van der Waals surface area (Å²) in [4.78, 5) is 2.45. The van der Waals surface area contributed by atoms with Crippen LogP contribution < -0.4 is 0 Å². The first-order chi connectivity index (χ1) is 9.48. The predicted octanol–water partition coefficient (Wildman–Crippen LogP) is 1.63. The van der Waals surface area contributed by atoms with Gasteiger partial charge in [-0.15, -0.1) is 0 Å². The molecule has 0 amide bonds.